The van der Waals surface area contributed by atoms with Gasteiger partial charge in [0.15, 0.2) is 5.82 Å². The molecule has 0 aromatic carbocycles. The monoisotopic (exact) mass is 257 g/mol. The van der Waals surface area contributed by atoms with Gasteiger partial charge < -0.3 is 5.32 Å². The number of pyridine rings is 1. The summed E-state index contributed by atoms with van der Waals surface area (Å²) in [6, 6.07) is 1.63. The molecule has 0 aliphatic carbocycles. The molecule has 0 amide bonds. The lowest BCUT2D eigenvalue weighted by atomic mass is 10.4. The van der Waals surface area contributed by atoms with E-state index in [1.165, 1.54) is 6.20 Å². The smallest absolute Gasteiger partial charge is 0.169 e. The molecule has 0 spiro atoms. The van der Waals surface area contributed by atoms with Crippen LogP contribution in [-0.2, 0) is 13.6 Å². The van der Waals surface area contributed by atoms with Crippen LogP contribution in [0.1, 0.15) is 5.82 Å². The van der Waals surface area contributed by atoms with Gasteiger partial charge in [0.05, 0.1) is 16.6 Å². The Kier molecular flexibility index (Phi) is 3.26. The van der Waals surface area contributed by atoms with E-state index >= 15 is 0 Å². The molecule has 5 nitrogen and oxygen atoms in total. The molecule has 0 aliphatic heterocycles. The van der Waals surface area contributed by atoms with Crippen LogP contribution in [0.2, 0.25) is 10.0 Å². The Bertz CT molecular complexity index is 496. The molecule has 0 bridgehead atoms. The maximum absolute atomic E-state index is 5.95. The predicted octanol–water partition coefficient (Wildman–Crippen LogP) is 2.13. The van der Waals surface area contributed by atoms with Crippen LogP contribution in [-0.4, -0.2) is 19.7 Å². The van der Waals surface area contributed by atoms with Gasteiger partial charge in [-0.25, -0.2) is 9.97 Å². The van der Waals surface area contributed by atoms with E-state index in [1.807, 2.05) is 7.05 Å². The molecule has 0 saturated carbocycles. The van der Waals surface area contributed by atoms with Gasteiger partial charge in [-0.05, 0) is 6.07 Å². The first-order valence-corrected chi connectivity index (χ1v) is 5.30. The average Bonchev–Trinajstić information content (AvgIpc) is 2.63. The van der Waals surface area contributed by atoms with Gasteiger partial charge in [-0.2, -0.15) is 5.10 Å². The highest BCUT2D eigenvalue weighted by atomic mass is 35.5. The number of nitrogens with zero attached hydrogens (tertiary/aromatic N) is 4. The molecule has 0 saturated heterocycles. The van der Waals surface area contributed by atoms with Gasteiger partial charge in [0, 0.05) is 13.2 Å². The minimum Gasteiger partial charge on any atom is -0.361 e. The summed E-state index contributed by atoms with van der Waals surface area (Å²) in [6.45, 7) is 0.467. The number of aryl methyl sites for hydroxylation is 1. The second-order valence-electron chi connectivity index (χ2n) is 3.17. The van der Waals surface area contributed by atoms with Crippen molar-refractivity contribution >= 4 is 29.0 Å². The Labute approximate surface area is 102 Å². The van der Waals surface area contributed by atoms with Crippen molar-refractivity contribution < 1.29 is 0 Å². The first-order valence-electron chi connectivity index (χ1n) is 4.54. The van der Waals surface area contributed by atoms with Crippen molar-refractivity contribution in [3.05, 3.63) is 34.5 Å². The Morgan fingerprint density at radius 2 is 2.19 bits per heavy atom. The van der Waals surface area contributed by atoms with Gasteiger partial charge in [-0.3, -0.25) is 4.68 Å². The van der Waals surface area contributed by atoms with Crippen molar-refractivity contribution in [1.29, 1.82) is 0 Å². The lowest BCUT2D eigenvalue weighted by Crippen LogP contribution is -2.04. The second-order valence-corrected chi connectivity index (χ2v) is 4.02. The van der Waals surface area contributed by atoms with Gasteiger partial charge in [-0.1, -0.05) is 23.2 Å². The summed E-state index contributed by atoms with van der Waals surface area (Å²) in [6.07, 6.45) is 3.16. The fourth-order valence-electron chi connectivity index (χ4n) is 1.17. The van der Waals surface area contributed by atoms with Crippen molar-refractivity contribution in [2.45, 2.75) is 6.54 Å². The Morgan fingerprint density at radius 1 is 1.38 bits per heavy atom. The van der Waals surface area contributed by atoms with E-state index in [-0.39, 0.29) is 0 Å². The molecule has 84 valence electrons. The highest BCUT2D eigenvalue weighted by molar-refractivity contribution is 6.35. The van der Waals surface area contributed by atoms with Gasteiger partial charge in [-0.15, -0.1) is 0 Å². The summed E-state index contributed by atoms with van der Waals surface area (Å²) in [7, 11) is 1.81. The second kappa shape index (κ2) is 4.67. The van der Waals surface area contributed by atoms with Crippen molar-refractivity contribution in [2.24, 2.45) is 7.05 Å². The summed E-state index contributed by atoms with van der Waals surface area (Å²) in [5.74, 6) is 1.24. The van der Waals surface area contributed by atoms with Crippen LogP contribution in [0.15, 0.2) is 18.6 Å². The molecule has 0 aliphatic rings. The minimum absolute atomic E-state index is 0.467. The van der Waals surface area contributed by atoms with Crippen LogP contribution < -0.4 is 5.32 Å². The average molecular weight is 258 g/mol. The summed E-state index contributed by atoms with van der Waals surface area (Å²) >= 11 is 11.7. The fourth-order valence-corrected chi connectivity index (χ4v) is 1.62. The van der Waals surface area contributed by atoms with Crippen LogP contribution in [0, 0.1) is 0 Å². The number of aromatic nitrogens is 4. The molecular weight excluding hydrogens is 249 g/mol. The van der Waals surface area contributed by atoms with Crippen molar-refractivity contribution in [1.82, 2.24) is 19.7 Å². The zero-order valence-corrected chi connectivity index (χ0v) is 10.00. The van der Waals surface area contributed by atoms with Crippen molar-refractivity contribution in [3.63, 3.8) is 0 Å². The summed E-state index contributed by atoms with van der Waals surface area (Å²) in [5, 5.41) is 8.13. The van der Waals surface area contributed by atoms with Crippen molar-refractivity contribution in [2.75, 3.05) is 5.32 Å². The van der Waals surface area contributed by atoms with Crippen LogP contribution in [0.3, 0.4) is 0 Å². The van der Waals surface area contributed by atoms with Crippen molar-refractivity contribution in [3.8, 4) is 0 Å². The molecule has 2 aromatic rings. The van der Waals surface area contributed by atoms with Crippen LogP contribution in [0.25, 0.3) is 0 Å². The number of halogens is 2. The van der Waals surface area contributed by atoms with E-state index in [0.717, 1.165) is 0 Å². The number of nitrogens with one attached hydrogen (secondary N) is 1. The normalized spacial score (nSPS) is 10.4. The first-order chi connectivity index (χ1) is 7.65. The first kappa shape index (κ1) is 11.2. The molecule has 1 N–H and O–H groups in total. The minimum atomic E-state index is 0.467. The number of anilines is 1. The maximum atomic E-state index is 5.95. The summed E-state index contributed by atoms with van der Waals surface area (Å²) < 4.78 is 1.63. The van der Waals surface area contributed by atoms with E-state index in [1.54, 1.807) is 17.1 Å². The Morgan fingerprint density at radius 3 is 2.81 bits per heavy atom. The SMILES string of the molecule is Cn1cnc(CNc2ncc(Cl)cc2Cl)n1. The zero-order chi connectivity index (χ0) is 11.5. The molecular formula is C9H9Cl2N5. The number of hydrogen-bond donors (Lipinski definition) is 1. The molecule has 2 rings (SSSR count). The van der Waals surface area contributed by atoms with Crippen LogP contribution in [0.4, 0.5) is 5.82 Å². The molecule has 16 heavy (non-hydrogen) atoms. The molecule has 2 heterocycles. The van der Waals surface area contributed by atoms with Gasteiger partial charge >= 0.3 is 0 Å². The number of rotatable bonds is 3. The van der Waals surface area contributed by atoms with Gasteiger partial charge in [0.2, 0.25) is 0 Å². The lowest BCUT2D eigenvalue weighted by molar-refractivity contribution is 0.747. The third kappa shape index (κ3) is 2.62. The topological polar surface area (TPSA) is 55.6 Å². The van der Waals surface area contributed by atoms with Crippen LogP contribution in [0.5, 0.6) is 0 Å². The van der Waals surface area contributed by atoms with Gasteiger partial charge in [0.1, 0.15) is 12.1 Å². The molecule has 0 atom stereocenters. The van der Waals surface area contributed by atoms with E-state index in [4.69, 9.17) is 23.2 Å². The molecule has 2 aromatic heterocycles. The lowest BCUT2D eigenvalue weighted by Gasteiger charge is -2.04. The molecule has 0 fully saturated rings. The third-order valence-electron chi connectivity index (χ3n) is 1.87. The highest BCUT2D eigenvalue weighted by Gasteiger charge is 2.04. The third-order valence-corrected chi connectivity index (χ3v) is 2.36. The number of hydrogen-bond acceptors (Lipinski definition) is 4. The largest absolute Gasteiger partial charge is 0.361 e. The Balaban J connectivity index is 2.04. The van der Waals surface area contributed by atoms with E-state index < -0.39 is 0 Å². The predicted molar refractivity (Wildman–Crippen MR) is 62.6 cm³/mol. The summed E-state index contributed by atoms with van der Waals surface area (Å²) in [5.41, 5.74) is 0. The van der Waals surface area contributed by atoms with Gasteiger partial charge in [0.25, 0.3) is 0 Å². The van der Waals surface area contributed by atoms with E-state index in [9.17, 15) is 0 Å². The quantitative estimate of drug-likeness (QED) is 0.916. The highest BCUT2D eigenvalue weighted by Crippen LogP contribution is 2.22. The summed E-state index contributed by atoms with van der Waals surface area (Å²) in [4.78, 5) is 8.13. The van der Waals surface area contributed by atoms with Crippen LogP contribution >= 0.6 is 23.2 Å². The maximum Gasteiger partial charge on any atom is 0.169 e. The zero-order valence-electron chi connectivity index (χ0n) is 8.48. The standard InChI is InChI=1S/C9H9Cl2N5/c1-16-5-14-8(15-16)4-13-9-7(11)2-6(10)3-12-9/h2-3,5H,4H2,1H3,(H,12,13). The molecule has 0 radical (unpaired) electrons. The fraction of sp³-hybridized carbons (Fsp3) is 0.222. The molecule has 7 heteroatoms. The Hall–Kier alpha value is -1.33. The van der Waals surface area contributed by atoms with E-state index in [2.05, 4.69) is 20.4 Å². The van der Waals surface area contributed by atoms with E-state index in [0.29, 0.717) is 28.2 Å². The molecule has 0 unspecified atom stereocenters.